The van der Waals surface area contributed by atoms with Crippen molar-refractivity contribution in [2.24, 2.45) is 0 Å². The molecule has 0 radical (unpaired) electrons. The fourth-order valence-electron chi connectivity index (χ4n) is 1.79. The van der Waals surface area contributed by atoms with Gasteiger partial charge in [-0.3, -0.25) is 0 Å². The molecule has 1 saturated heterocycles. The SMILES string of the molecule is CC1(C)CC[Si](C)(C)[Si](C)(C)O1.[H-].[K+]. The Balaban J connectivity index is 0. The first kappa shape index (κ1) is 15.0. The summed E-state index contributed by atoms with van der Waals surface area (Å²) >= 11 is 0. The molecule has 0 aromatic rings. The molecular weight excluding hydrogens is 219 g/mol. The predicted molar refractivity (Wildman–Crippen MR) is 60.7 cm³/mol. The van der Waals surface area contributed by atoms with E-state index in [1.165, 1.54) is 12.5 Å². The molecule has 0 N–H and O–H groups in total. The van der Waals surface area contributed by atoms with Crippen LogP contribution in [0.3, 0.4) is 0 Å². The summed E-state index contributed by atoms with van der Waals surface area (Å²) in [6, 6.07) is 1.46. The Hall–Kier alpha value is 2.03. The second-order valence-electron chi connectivity index (χ2n) is 5.76. The van der Waals surface area contributed by atoms with E-state index in [0.29, 0.717) is 0 Å². The topological polar surface area (TPSA) is 9.23 Å². The molecule has 1 aliphatic rings. The van der Waals surface area contributed by atoms with E-state index in [4.69, 9.17) is 4.43 Å². The van der Waals surface area contributed by atoms with Crippen molar-refractivity contribution in [3.8, 4) is 0 Å². The minimum atomic E-state index is -1.31. The quantitative estimate of drug-likeness (QED) is 0.555. The molecule has 1 rings (SSSR count). The van der Waals surface area contributed by atoms with Gasteiger partial charge in [-0.25, -0.2) is 0 Å². The Labute approximate surface area is 129 Å². The van der Waals surface area contributed by atoms with Crippen molar-refractivity contribution in [1.29, 1.82) is 0 Å². The van der Waals surface area contributed by atoms with Gasteiger partial charge in [-0.05, 0) is 33.4 Å². The summed E-state index contributed by atoms with van der Waals surface area (Å²) in [7, 11) is -2.30. The van der Waals surface area contributed by atoms with E-state index in [1.807, 2.05) is 0 Å². The van der Waals surface area contributed by atoms with Crippen LogP contribution in [0.5, 0.6) is 0 Å². The summed E-state index contributed by atoms with van der Waals surface area (Å²) in [5, 5.41) is 0. The zero-order valence-corrected chi connectivity index (χ0v) is 15.4. The Morgan fingerprint density at radius 1 is 1.15 bits per heavy atom. The van der Waals surface area contributed by atoms with E-state index in [2.05, 4.69) is 40.0 Å². The molecule has 1 nitrogen and oxygen atoms in total. The van der Waals surface area contributed by atoms with Crippen LogP contribution in [0.1, 0.15) is 21.7 Å². The van der Waals surface area contributed by atoms with Gasteiger partial charge in [0.2, 0.25) is 0 Å². The van der Waals surface area contributed by atoms with Crippen molar-refractivity contribution in [3.63, 3.8) is 0 Å². The van der Waals surface area contributed by atoms with E-state index in [0.717, 1.165) is 0 Å². The van der Waals surface area contributed by atoms with Crippen LogP contribution in [0.25, 0.3) is 0 Å². The average molecular weight is 243 g/mol. The fraction of sp³-hybridized carbons (Fsp3) is 1.00. The largest absolute Gasteiger partial charge is 1.00 e. The van der Waals surface area contributed by atoms with Crippen LogP contribution in [0, 0.1) is 0 Å². The maximum Gasteiger partial charge on any atom is 1.00 e. The van der Waals surface area contributed by atoms with Gasteiger partial charge in [0.25, 0.3) is 0 Å². The van der Waals surface area contributed by atoms with E-state index in [1.54, 1.807) is 0 Å². The molecule has 0 spiro atoms. The second-order valence-corrected chi connectivity index (χ2v) is 20.9. The summed E-state index contributed by atoms with van der Waals surface area (Å²) in [5.74, 6) is 0. The maximum absolute atomic E-state index is 6.28. The van der Waals surface area contributed by atoms with Crippen molar-refractivity contribution >= 4 is 15.4 Å². The number of hydrogen-bond donors (Lipinski definition) is 0. The van der Waals surface area contributed by atoms with Crippen LogP contribution in [-0.2, 0) is 4.43 Å². The van der Waals surface area contributed by atoms with Gasteiger partial charge in [0.1, 0.15) is 0 Å². The van der Waals surface area contributed by atoms with Gasteiger partial charge in [-0.15, -0.1) is 0 Å². The Morgan fingerprint density at radius 2 is 1.62 bits per heavy atom. The average Bonchev–Trinajstić information content (AvgIpc) is 1.79. The Kier molecular flexibility index (Phi) is 5.19. The molecule has 0 atom stereocenters. The molecule has 13 heavy (non-hydrogen) atoms. The first-order valence-corrected chi connectivity index (χ1v) is 12.0. The van der Waals surface area contributed by atoms with Gasteiger partial charge in [0, 0.05) is 0 Å². The minimum Gasteiger partial charge on any atom is -1.00 e. The van der Waals surface area contributed by atoms with Crippen molar-refractivity contribution < 1.29 is 57.2 Å². The van der Waals surface area contributed by atoms with E-state index < -0.39 is 15.4 Å². The van der Waals surface area contributed by atoms with Gasteiger partial charge in [-0.2, -0.15) is 0 Å². The van der Waals surface area contributed by atoms with Crippen LogP contribution >= 0.6 is 0 Å². The van der Waals surface area contributed by atoms with Crippen molar-refractivity contribution in [2.75, 3.05) is 0 Å². The van der Waals surface area contributed by atoms with E-state index in [-0.39, 0.29) is 58.4 Å². The van der Waals surface area contributed by atoms with Gasteiger partial charge in [-0.1, -0.05) is 19.1 Å². The summed E-state index contributed by atoms with van der Waals surface area (Å²) in [5.41, 5.74) is 0.165. The summed E-state index contributed by atoms with van der Waals surface area (Å²) in [4.78, 5) is 0. The van der Waals surface area contributed by atoms with Crippen molar-refractivity contribution in [3.05, 3.63) is 0 Å². The Morgan fingerprint density at radius 3 is 1.92 bits per heavy atom. The molecule has 0 aromatic carbocycles. The third-order valence-electron chi connectivity index (χ3n) is 3.51. The Bertz CT molecular complexity index is 195. The second kappa shape index (κ2) is 4.49. The normalized spacial score (nSPS) is 29.1. The minimum absolute atomic E-state index is 0. The van der Waals surface area contributed by atoms with E-state index >= 15 is 0 Å². The van der Waals surface area contributed by atoms with Crippen LogP contribution in [0.4, 0.5) is 0 Å². The van der Waals surface area contributed by atoms with E-state index in [9.17, 15) is 0 Å². The third kappa shape index (κ3) is 3.52. The standard InChI is InChI=1S/C9H22OSi2.K.H/c1-9(2)7-8-11(3,4)12(5,6)10-9;;/h7-8H2,1-6H3;;/q;+1;-1. The van der Waals surface area contributed by atoms with Gasteiger partial charge < -0.3 is 5.85 Å². The van der Waals surface area contributed by atoms with Crippen LogP contribution in [-0.4, -0.2) is 21.0 Å². The molecule has 0 amide bonds. The zero-order valence-electron chi connectivity index (χ0n) is 11.3. The molecule has 1 fully saturated rings. The summed E-state index contributed by atoms with van der Waals surface area (Å²) in [6.07, 6.45) is 1.27. The molecule has 74 valence electrons. The van der Waals surface area contributed by atoms with Gasteiger partial charge in [0.15, 0.2) is 7.83 Å². The summed E-state index contributed by atoms with van der Waals surface area (Å²) in [6.45, 7) is 14.3. The molecule has 4 heteroatoms. The molecular formula is C9H23KOSi2. The fourth-order valence-corrected chi connectivity index (χ4v) is 9.22. The molecule has 0 saturated carbocycles. The molecule has 0 bridgehead atoms. The van der Waals surface area contributed by atoms with Crippen LogP contribution < -0.4 is 51.4 Å². The first-order valence-electron chi connectivity index (χ1n) is 4.87. The molecule has 0 unspecified atom stereocenters. The number of hydrogen-bond acceptors (Lipinski definition) is 1. The molecule has 1 heterocycles. The van der Waals surface area contributed by atoms with Crippen molar-refractivity contribution in [2.45, 2.75) is 58.1 Å². The third-order valence-corrected chi connectivity index (χ3v) is 20.2. The number of rotatable bonds is 0. The zero-order chi connectivity index (χ0) is 9.62. The smallest absolute Gasteiger partial charge is 1.00 e. The predicted octanol–water partition coefficient (Wildman–Crippen LogP) is 0.294. The summed E-state index contributed by atoms with van der Waals surface area (Å²) < 4.78 is 6.28. The van der Waals surface area contributed by atoms with Crippen molar-refractivity contribution in [1.82, 2.24) is 0 Å². The van der Waals surface area contributed by atoms with Gasteiger partial charge >= 0.3 is 51.4 Å². The monoisotopic (exact) mass is 242 g/mol. The molecule has 1 aliphatic heterocycles. The maximum atomic E-state index is 6.28. The first-order chi connectivity index (χ1) is 5.16. The van der Waals surface area contributed by atoms with Gasteiger partial charge in [0.05, 0.1) is 13.2 Å². The molecule has 0 aliphatic carbocycles. The van der Waals surface area contributed by atoms with Crippen LogP contribution in [0.2, 0.25) is 32.2 Å². The molecule has 0 aromatic heterocycles. The van der Waals surface area contributed by atoms with Crippen LogP contribution in [0.15, 0.2) is 0 Å².